The van der Waals surface area contributed by atoms with Crippen LogP contribution in [0.15, 0.2) is 47.6 Å². The third-order valence-corrected chi connectivity index (χ3v) is 7.42. The van der Waals surface area contributed by atoms with Gasteiger partial charge in [-0.2, -0.15) is 10.2 Å². The third kappa shape index (κ3) is 3.70. The number of amides is 2. The number of likely N-dealkylation sites (tertiary alicyclic amines) is 1. The molecule has 0 bridgehead atoms. The average molecular weight is 404 g/mol. The van der Waals surface area contributed by atoms with Crippen molar-refractivity contribution in [3.63, 3.8) is 0 Å². The highest BCUT2D eigenvalue weighted by Gasteiger charge is 2.57. The summed E-state index contributed by atoms with van der Waals surface area (Å²) in [5.74, 6) is -0.301. The number of benzene rings is 1. The van der Waals surface area contributed by atoms with Crippen molar-refractivity contribution in [1.82, 2.24) is 15.1 Å². The van der Waals surface area contributed by atoms with Gasteiger partial charge in [-0.1, -0.05) is 12.5 Å². The highest BCUT2D eigenvalue weighted by Crippen LogP contribution is 2.58. The molecule has 2 fully saturated rings. The molecule has 4 rings (SSSR count). The number of hydrogen-bond donors (Lipinski definition) is 1. The monoisotopic (exact) mass is 404 g/mol. The molecule has 1 saturated heterocycles. The van der Waals surface area contributed by atoms with Gasteiger partial charge in [0.25, 0.3) is 0 Å². The average Bonchev–Trinajstić information content (AvgIpc) is 2.66. The highest BCUT2D eigenvalue weighted by molar-refractivity contribution is 8.00. The summed E-state index contributed by atoms with van der Waals surface area (Å²) in [6, 6.07) is 7.78. The molecule has 1 aliphatic heterocycles. The first-order chi connectivity index (χ1) is 13.5. The van der Waals surface area contributed by atoms with E-state index in [9.17, 15) is 9.18 Å². The van der Waals surface area contributed by atoms with E-state index in [-0.39, 0.29) is 24.7 Å². The van der Waals surface area contributed by atoms with Crippen LogP contribution in [0.4, 0.5) is 19.3 Å². The van der Waals surface area contributed by atoms with Crippen LogP contribution in [-0.4, -0.2) is 44.6 Å². The first-order valence-corrected chi connectivity index (χ1v) is 10.3. The van der Waals surface area contributed by atoms with Crippen LogP contribution >= 0.6 is 11.8 Å². The highest BCUT2D eigenvalue weighted by atomic mass is 32.2. The second-order valence-electron chi connectivity index (χ2n) is 7.42. The number of nitrogens with zero attached hydrogens (tertiary/aromatic N) is 3. The van der Waals surface area contributed by atoms with E-state index in [0.717, 1.165) is 24.2 Å². The number of rotatable bonds is 4. The fraction of sp³-hybridized carbons (Fsp3) is 0.450. The number of halogens is 2. The Labute approximate surface area is 166 Å². The molecule has 0 radical (unpaired) electrons. The first-order valence-electron chi connectivity index (χ1n) is 9.46. The molecule has 0 atom stereocenters. The van der Waals surface area contributed by atoms with Crippen molar-refractivity contribution in [3.8, 4) is 0 Å². The maximum absolute atomic E-state index is 16.0. The minimum atomic E-state index is -1.36. The minimum Gasteiger partial charge on any atom is -0.324 e. The topological polar surface area (TPSA) is 58.1 Å². The predicted molar refractivity (Wildman–Crippen MR) is 105 cm³/mol. The first kappa shape index (κ1) is 19.1. The molecule has 148 valence electrons. The normalized spacial score (nSPS) is 20.3. The summed E-state index contributed by atoms with van der Waals surface area (Å²) in [4.78, 5) is 14.8. The van der Waals surface area contributed by atoms with Crippen molar-refractivity contribution < 1.29 is 13.6 Å². The van der Waals surface area contributed by atoms with Crippen molar-refractivity contribution in [2.75, 3.05) is 18.4 Å². The van der Waals surface area contributed by atoms with Crippen molar-refractivity contribution in [1.29, 1.82) is 0 Å². The zero-order valence-corrected chi connectivity index (χ0v) is 16.2. The van der Waals surface area contributed by atoms with Gasteiger partial charge in [-0.15, -0.1) is 11.8 Å². The summed E-state index contributed by atoms with van der Waals surface area (Å²) in [6.07, 6.45) is 6.09. The standard InChI is InChI=1S/C20H22F2N4OS/c21-15-3-1-4-17(13-15)28-20(6-2-7-20)19(22)8-11-26(12-9-19)18(27)25-16-5-10-23-24-14-16/h1,3-5,10,13-14H,2,6-9,11-12H2,(H,23,25,27). The fourth-order valence-corrected chi connectivity index (χ4v) is 5.63. The Morgan fingerprint density at radius 3 is 2.54 bits per heavy atom. The number of nitrogens with one attached hydrogen (secondary N) is 1. The van der Waals surface area contributed by atoms with Crippen molar-refractivity contribution in [3.05, 3.63) is 48.5 Å². The molecule has 2 amide bonds. The molecule has 8 heteroatoms. The van der Waals surface area contributed by atoms with Crippen LogP contribution in [0.25, 0.3) is 0 Å². The van der Waals surface area contributed by atoms with E-state index < -0.39 is 10.4 Å². The number of hydrogen-bond acceptors (Lipinski definition) is 4. The maximum Gasteiger partial charge on any atom is 0.321 e. The summed E-state index contributed by atoms with van der Waals surface area (Å²) in [6.45, 7) is 0.707. The van der Waals surface area contributed by atoms with Crippen LogP contribution in [0.5, 0.6) is 0 Å². The van der Waals surface area contributed by atoms with E-state index in [4.69, 9.17) is 0 Å². The van der Waals surface area contributed by atoms with Crippen LogP contribution in [0.3, 0.4) is 0 Å². The lowest BCUT2D eigenvalue weighted by molar-refractivity contribution is 0.00685. The van der Waals surface area contributed by atoms with E-state index in [1.807, 2.05) is 6.07 Å². The lowest BCUT2D eigenvalue weighted by Gasteiger charge is -2.53. The number of piperidine rings is 1. The van der Waals surface area contributed by atoms with E-state index >= 15 is 4.39 Å². The summed E-state index contributed by atoms with van der Waals surface area (Å²) in [7, 11) is 0. The molecule has 0 unspecified atom stereocenters. The van der Waals surface area contributed by atoms with Crippen LogP contribution in [-0.2, 0) is 0 Å². The van der Waals surface area contributed by atoms with Crippen molar-refractivity contribution in [2.45, 2.75) is 47.4 Å². The van der Waals surface area contributed by atoms with Gasteiger partial charge in [0.15, 0.2) is 0 Å². The van der Waals surface area contributed by atoms with Crippen LogP contribution in [0.2, 0.25) is 0 Å². The summed E-state index contributed by atoms with van der Waals surface area (Å²) in [5, 5.41) is 10.2. The summed E-state index contributed by atoms with van der Waals surface area (Å²) in [5.41, 5.74) is -0.800. The van der Waals surface area contributed by atoms with Gasteiger partial charge < -0.3 is 10.2 Å². The lowest BCUT2D eigenvalue weighted by atomic mass is 9.69. The Morgan fingerprint density at radius 1 is 1.14 bits per heavy atom. The molecular weight excluding hydrogens is 382 g/mol. The Balaban J connectivity index is 1.41. The Morgan fingerprint density at radius 2 is 1.93 bits per heavy atom. The zero-order valence-electron chi connectivity index (χ0n) is 15.4. The van der Waals surface area contributed by atoms with Gasteiger partial charge in [0.2, 0.25) is 0 Å². The molecule has 2 heterocycles. The van der Waals surface area contributed by atoms with Gasteiger partial charge in [-0.05, 0) is 37.1 Å². The van der Waals surface area contributed by atoms with E-state index in [1.54, 1.807) is 17.0 Å². The van der Waals surface area contributed by atoms with E-state index in [1.165, 1.54) is 36.3 Å². The smallest absolute Gasteiger partial charge is 0.321 e. The molecule has 1 saturated carbocycles. The second-order valence-corrected chi connectivity index (χ2v) is 8.88. The Bertz CT molecular complexity index is 839. The molecule has 1 aliphatic carbocycles. The molecule has 2 aromatic rings. The zero-order chi connectivity index (χ0) is 19.6. The van der Waals surface area contributed by atoms with Crippen molar-refractivity contribution in [2.24, 2.45) is 0 Å². The van der Waals surface area contributed by atoms with E-state index in [2.05, 4.69) is 15.5 Å². The number of carbonyl (C=O) groups is 1. The van der Waals surface area contributed by atoms with Crippen LogP contribution < -0.4 is 5.32 Å². The molecule has 1 aromatic heterocycles. The lowest BCUT2D eigenvalue weighted by Crippen LogP contribution is -2.59. The molecule has 1 N–H and O–H groups in total. The number of urea groups is 1. The summed E-state index contributed by atoms with van der Waals surface area (Å²) >= 11 is 1.46. The third-order valence-electron chi connectivity index (χ3n) is 5.77. The Kier molecular flexibility index (Phi) is 5.23. The van der Waals surface area contributed by atoms with Gasteiger partial charge in [0.05, 0.1) is 22.8 Å². The van der Waals surface area contributed by atoms with Gasteiger partial charge >= 0.3 is 6.03 Å². The SMILES string of the molecule is O=C(Nc1ccnnc1)N1CCC(F)(C2(Sc3cccc(F)c3)CCC2)CC1. The second kappa shape index (κ2) is 7.66. The van der Waals surface area contributed by atoms with Gasteiger partial charge in [0, 0.05) is 30.8 Å². The molecule has 1 aromatic carbocycles. The molecule has 0 spiro atoms. The van der Waals surface area contributed by atoms with Gasteiger partial charge in [-0.3, -0.25) is 0 Å². The molecule has 2 aliphatic rings. The number of alkyl halides is 1. The van der Waals surface area contributed by atoms with Crippen LogP contribution in [0, 0.1) is 5.82 Å². The number of anilines is 1. The van der Waals surface area contributed by atoms with Gasteiger partial charge in [-0.25, -0.2) is 13.6 Å². The van der Waals surface area contributed by atoms with E-state index in [0.29, 0.717) is 18.8 Å². The van der Waals surface area contributed by atoms with Crippen molar-refractivity contribution >= 4 is 23.5 Å². The minimum absolute atomic E-state index is 0.254. The summed E-state index contributed by atoms with van der Waals surface area (Å²) < 4.78 is 29.1. The molecule has 28 heavy (non-hydrogen) atoms. The van der Waals surface area contributed by atoms with Gasteiger partial charge in [0.1, 0.15) is 11.5 Å². The predicted octanol–water partition coefficient (Wildman–Crippen LogP) is 4.67. The molecule has 5 nitrogen and oxygen atoms in total. The number of thioether (sulfide) groups is 1. The fourth-order valence-electron chi connectivity index (χ4n) is 3.98. The molecular formula is C20H22F2N4OS. The number of carbonyl (C=O) groups excluding carboxylic acids is 1. The quantitative estimate of drug-likeness (QED) is 0.805. The number of aromatic nitrogens is 2. The maximum atomic E-state index is 16.0. The Hall–Kier alpha value is -2.22. The van der Waals surface area contributed by atoms with Crippen LogP contribution in [0.1, 0.15) is 32.1 Å². The largest absolute Gasteiger partial charge is 0.324 e.